The number of anilines is 3. The summed E-state index contributed by atoms with van der Waals surface area (Å²) in [6, 6.07) is 75.3. The quantitative estimate of drug-likeness (QED) is 0.166. The molecular weight excluding hydrogens is 685 g/mol. The summed E-state index contributed by atoms with van der Waals surface area (Å²) >= 11 is 1.86. The molecule has 11 rings (SSSR count). The fourth-order valence-corrected chi connectivity index (χ4v) is 9.52. The van der Waals surface area contributed by atoms with E-state index in [1.165, 1.54) is 69.5 Å². The van der Waals surface area contributed by atoms with Gasteiger partial charge in [0.25, 0.3) is 0 Å². The maximum absolute atomic E-state index is 2.48. The van der Waals surface area contributed by atoms with Gasteiger partial charge in [0.2, 0.25) is 0 Å². The van der Waals surface area contributed by atoms with Crippen LogP contribution in [-0.2, 0) is 0 Å². The zero-order chi connectivity index (χ0) is 36.3. The van der Waals surface area contributed by atoms with E-state index >= 15 is 0 Å². The van der Waals surface area contributed by atoms with Crippen molar-refractivity contribution in [1.82, 2.24) is 4.57 Å². The number of hydrogen-bond donors (Lipinski definition) is 0. The Hall–Kier alpha value is -6.94. The van der Waals surface area contributed by atoms with Crippen LogP contribution < -0.4 is 4.90 Å². The highest BCUT2D eigenvalue weighted by Gasteiger charge is 2.21. The smallest absolute Gasteiger partial charge is 0.0562 e. The normalized spacial score (nSPS) is 11.6. The van der Waals surface area contributed by atoms with Crippen molar-refractivity contribution in [3.05, 3.63) is 206 Å². The number of fused-ring (bicyclic) bond motifs is 7. The largest absolute Gasteiger partial charge is 0.310 e. The van der Waals surface area contributed by atoms with Gasteiger partial charge in [0.15, 0.2) is 0 Å². The highest BCUT2D eigenvalue weighted by atomic mass is 32.1. The van der Waals surface area contributed by atoms with Gasteiger partial charge >= 0.3 is 0 Å². The maximum Gasteiger partial charge on any atom is 0.0562 e. The number of para-hydroxylation sites is 3. The average molecular weight is 719 g/mol. The molecule has 0 unspecified atom stereocenters. The molecule has 3 heteroatoms. The summed E-state index contributed by atoms with van der Waals surface area (Å²) in [6.45, 7) is 0. The third kappa shape index (κ3) is 5.24. The first-order valence-electron chi connectivity index (χ1n) is 18.8. The van der Waals surface area contributed by atoms with Crippen molar-refractivity contribution in [2.75, 3.05) is 4.90 Å². The van der Waals surface area contributed by atoms with Crippen molar-refractivity contribution in [1.29, 1.82) is 0 Å². The van der Waals surface area contributed by atoms with Crippen molar-refractivity contribution in [2.45, 2.75) is 0 Å². The molecule has 0 aliphatic heterocycles. The Labute approximate surface area is 323 Å². The van der Waals surface area contributed by atoms with Gasteiger partial charge in [-0.2, -0.15) is 0 Å². The summed E-state index contributed by atoms with van der Waals surface area (Å²) in [6.07, 6.45) is 0. The van der Waals surface area contributed by atoms with Crippen LogP contribution >= 0.6 is 11.3 Å². The first-order valence-corrected chi connectivity index (χ1v) is 19.6. The highest BCUT2D eigenvalue weighted by Crippen LogP contribution is 2.45. The third-order valence-corrected chi connectivity index (χ3v) is 12.1. The minimum atomic E-state index is 1.10. The molecule has 0 amide bonds. The molecule has 2 nitrogen and oxygen atoms in total. The van der Waals surface area contributed by atoms with Gasteiger partial charge in [0.1, 0.15) is 0 Å². The number of thiophene rings is 1. The van der Waals surface area contributed by atoms with Crippen LogP contribution in [-0.4, -0.2) is 4.57 Å². The van der Waals surface area contributed by atoms with E-state index in [-0.39, 0.29) is 0 Å². The second-order valence-corrected chi connectivity index (χ2v) is 15.2. The van der Waals surface area contributed by atoms with Gasteiger partial charge < -0.3 is 9.47 Å². The highest BCUT2D eigenvalue weighted by molar-refractivity contribution is 7.25. The van der Waals surface area contributed by atoms with Gasteiger partial charge in [-0.25, -0.2) is 0 Å². The Morgan fingerprint density at radius 1 is 0.364 bits per heavy atom. The van der Waals surface area contributed by atoms with E-state index in [0.717, 1.165) is 28.3 Å². The zero-order valence-corrected chi connectivity index (χ0v) is 30.7. The molecule has 0 bridgehead atoms. The molecular formula is C52H34N2S. The van der Waals surface area contributed by atoms with Crippen LogP contribution in [0.15, 0.2) is 206 Å². The van der Waals surface area contributed by atoms with Crippen LogP contribution in [0.3, 0.4) is 0 Å². The minimum Gasteiger partial charge on any atom is -0.310 e. The molecule has 0 N–H and O–H groups in total. The fraction of sp³-hybridized carbons (Fsp3) is 0. The van der Waals surface area contributed by atoms with Crippen molar-refractivity contribution in [3.63, 3.8) is 0 Å². The minimum absolute atomic E-state index is 1.10. The van der Waals surface area contributed by atoms with Gasteiger partial charge in [-0.05, 0) is 88.6 Å². The van der Waals surface area contributed by atoms with Gasteiger partial charge in [-0.1, -0.05) is 140 Å². The maximum atomic E-state index is 2.48. The monoisotopic (exact) mass is 718 g/mol. The van der Waals surface area contributed by atoms with Crippen LogP contribution in [0.1, 0.15) is 0 Å². The number of hydrogen-bond acceptors (Lipinski definition) is 2. The SMILES string of the molecule is c1ccc(-c2cc3ccccc3cc2-n2c3ccccc3c3ccc(N(c4ccccc4)c4ccccc4-c4ccc5sc6ccccc6c5c4)cc32)cc1. The lowest BCUT2D eigenvalue weighted by molar-refractivity contribution is 1.18. The molecule has 0 aliphatic carbocycles. The lowest BCUT2D eigenvalue weighted by Gasteiger charge is -2.28. The van der Waals surface area contributed by atoms with Crippen molar-refractivity contribution >= 4 is 81.1 Å². The molecule has 0 fully saturated rings. The lowest BCUT2D eigenvalue weighted by Crippen LogP contribution is -2.11. The van der Waals surface area contributed by atoms with Crippen LogP contribution in [0, 0.1) is 0 Å². The number of aromatic nitrogens is 1. The van der Waals surface area contributed by atoms with Gasteiger partial charge in [0.05, 0.1) is 22.4 Å². The van der Waals surface area contributed by atoms with E-state index in [1.807, 2.05) is 11.3 Å². The molecule has 2 heterocycles. The molecule has 0 radical (unpaired) electrons. The molecule has 0 aliphatic rings. The second kappa shape index (κ2) is 12.9. The fourth-order valence-electron chi connectivity index (χ4n) is 8.43. The first-order chi connectivity index (χ1) is 27.3. The van der Waals surface area contributed by atoms with Gasteiger partial charge in [-0.3, -0.25) is 0 Å². The Morgan fingerprint density at radius 2 is 1.02 bits per heavy atom. The van der Waals surface area contributed by atoms with E-state index in [1.54, 1.807) is 0 Å². The summed E-state index contributed by atoms with van der Waals surface area (Å²) in [5.41, 5.74) is 11.6. The molecule has 258 valence electrons. The Bertz CT molecular complexity index is 3210. The Kier molecular flexibility index (Phi) is 7.39. The Balaban J connectivity index is 1.17. The summed E-state index contributed by atoms with van der Waals surface area (Å²) in [4.78, 5) is 2.42. The van der Waals surface area contributed by atoms with E-state index in [0.29, 0.717) is 0 Å². The predicted octanol–water partition coefficient (Wildman–Crippen LogP) is 15.1. The summed E-state index contributed by atoms with van der Waals surface area (Å²) < 4.78 is 5.11. The standard InChI is InChI=1S/C52H34N2S/c1-3-15-35(16-4-1)45-31-36-17-7-8-18-37(36)33-49(45)54-48-25-13-10-22-42(48)43-29-28-40(34-50(43)54)53(39-19-5-2-6-20-39)47-24-12-9-21-41(47)38-27-30-52-46(32-38)44-23-11-14-26-51(44)55-52/h1-34H. The number of nitrogens with zero attached hydrogens (tertiary/aromatic N) is 2. The van der Waals surface area contributed by atoms with Crippen molar-refractivity contribution < 1.29 is 0 Å². The van der Waals surface area contributed by atoms with Crippen molar-refractivity contribution in [2.24, 2.45) is 0 Å². The van der Waals surface area contributed by atoms with Crippen LogP contribution in [0.25, 0.3) is 80.7 Å². The van der Waals surface area contributed by atoms with Gasteiger partial charge in [0, 0.05) is 53.4 Å². The average Bonchev–Trinajstić information content (AvgIpc) is 3.79. The van der Waals surface area contributed by atoms with Crippen LogP contribution in [0.5, 0.6) is 0 Å². The summed E-state index contributed by atoms with van der Waals surface area (Å²) in [5.74, 6) is 0. The molecule has 0 atom stereocenters. The van der Waals surface area contributed by atoms with E-state index in [4.69, 9.17) is 0 Å². The molecule has 9 aromatic carbocycles. The topological polar surface area (TPSA) is 8.17 Å². The van der Waals surface area contributed by atoms with Crippen LogP contribution in [0.2, 0.25) is 0 Å². The number of rotatable bonds is 6. The summed E-state index contributed by atoms with van der Waals surface area (Å²) in [5, 5.41) is 7.52. The molecule has 0 saturated carbocycles. The van der Waals surface area contributed by atoms with E-state index < -0.39 is 0 Å². The van der Waals surface area contributed by atoms with Gasteiger partial charge in [-0.15, -0.1) is 11.3 Å². The molecule has 55 heavy (non-hydrogen) atoms. The summed E-state index contributed by atoms with van der Waals surface area (Å²) in [7, 11) is 0. The zero-order valence-electron chi connectivity index (χ0n) is 29.9. The second-order valence-electron chi connectivity index (χ2n) is 14.1. The third-order valence-electron chi connectivity index (χ3n) is 11.0. The van der Waals surface area contributed by atoms with E-state index in [2.05, 4.69) is 216 Å². The molecule has 0 spiro atoms. The first kappa shape index (κ1) is 31.6. The molecule has 0 saturated heterocycles. The van der Waals surface area contributed by atoms with Crippen molar-refractivity contribution in [3.8, 4) is 27.9 Å². The Morgan fingerprint density at radius 3 is 1.87 bits per heavy atom. The molecule has 11 aromatic rings. The predicted molar refractivity (Wildman–Crippen MR) is 237 cm³/mol. The molecule has 2 aromatic heterocycles. The lowest BCUT2D eigenvalue weighted by atomic mass is 9.98. The van der Waals surface area contributed by atoms with Crippen LogP contribution in [0.4, 0.5) is 17.1 Å². The number of benzene rings is 9. The van der Waals surface area contributed by atoms with E-state index in [9.17, 15) is 0 Å².